The molecule has 1 amide bonds. The van der Waals surface area contributed by atoms with E-state index in [2.05, 4.69) is 14.3 Å². The number of carbonyl (C=O) groups is 1. The molecule has 3 heterocycles. The summed E-state index contributed by atoms with van der Waals surface area (Å²) in [6.07, 6.45) is -4.69. The summed E-state index contributed by atoms with van der Waals surface area (Å²) in [5.74, 6) is -0.416. The molecule has 0 N–H and O–H groups in total. The van der Waals surface area contributed by atoms with Gasteiger partial charge in [0.15, 0.2) is 16.5 Å². The van der Waals surface area contributed by atoms with Crippen LogP contribution in [-0.2, 0) is 12.7 Å². The van der Waals surface area contributed by atoms with Crippen LogP contribution in [0.4, 0.5) is 17.6 Å². The molecular weight excluding hydrogens is 410 g/mol. The van der Waals surface area contributed by atoms with Gasteiger partial charge in [-0.1, -0.05) is 0 Å². The first-order valence-corrected chi connectivity index (χ1v) is 9.49. The number of nitrogens with zero attached hydrogens (tertiary/aromatic N) is 5. The average Bonchev–Trinajstić information content (AvgIpc) is 3.26. The van der Waals surface area contributed by atoms with Crippen molar-refractivity contribution in [1.29, 1.82) is 0 Å². The smallest absolute Gasteiger partial charge is 0.329 e. The van der Waals surface area contributed by atoms with Crippen LogP contribution in [0.2, 0.25) is 0 Å². The van der Waals surface area contributed by atoms with Gasteiger partial charge in [-0.3, -0.25) is 4.79 Å². The van der Waals surface area contributed by atoms with E-state index in [1.165, 1.54) is 28.5 Å². The maximum Gasteiger partial charge on any atom is 0.435 e. The van der Waals surface area contributed by atoms with E-state index in [1.54, 1.807) is 6.92 Å². The molecule has 29 heavy (non-hydrogen) atoms. The molecule has 11 heteroatoms. The molecule has 0 saturated heterocycles. The van der Waals surface area contributed by atoms with E-state index in [-0.39, 0.29) is 30.2 Å². The van der Waals surface area contributed by atoms with Crippen LogP contribution in [0.5, 0.6) is 0 Å². The molecule has 0 fully saturated rings. The molecule has 6 nitrogen and oxygen atoms in total. The number of hydrogen-bond donors (Lipinski definition) is 0. The molecule has 152 valence electrons. The zero-order valence-corrected chi connectivity index (χ0v) is 16.2. The summed E-state index contributed by atoms with van der Waals surface area (Å²) in [5.41, 5.74) is -0.925. The number of hydrogen-bond acceptors (Lipinski definition) is 5. The Balaban J connectivity index is 1.78. The lowest BCUT2D eigenvalue weighted by molar-refractivity contribution is -0.142. The van der Waals surface area contributed by atoms with E-state index < -0.39 is 29.6 Å². The Bertz CT molecular complexity index is 1070. The van der Waals surface area contributed by atoms with Crippen molar-refractivity contribution in [3.8, 4) is 10.8 Å². The van der Waals surface area contributed by atoms with E-state index in [1.807, 2.05) is 0 Å². The predicted octanol–water partition coefficient (Wildman–Crippen LogP) is 4.08. The molecule has 0 aliphatic carbocycles. The van der Waals surface area contributed by atoms with E-state index >= 15 is 0 Å². The lowest BCUT2D eigenvalue weighted by Gasteiger charge is -2.35. The van der Waals surface area contributed by atoms with Gasteiger partial charge in [-0.2, -0.15) is 17.5 Å². The third-order valence-corrected chi connectivity index (χ3v) is 5.58. The van der Waals surface area contributed by atoms with Crippen LogP contribution in [0.15, 0.2) is 24.3 Å². The Morgan fingerprint density at radius 1 is 1.17 bits per heavy atom. The van der Waals surface area contributed by atoms with Crippen molar-refractivity contribution in [1.82, 2.24) is 23.8 Å². The highest BCUT2D eigenvalue weighted by atomic mass is 32.1. The quantitative estimate of drug-likeness (QED) is 0.581. The minimum absolute atomic E-state index is 0.0953. The number of benzene rings is 1. The molecule has 3 aromatic rings. The van der Waals surface area contributed by atoms with Gasteiger partial charge < -0.3 is 9.47 Å². The molecule has 0 bridgehead atoms. The van der Waals surface area contributed by atoms with E-state index in [9.17, 15) is 22.4 Å². The minimum Gasteiger partial charge on any atom is -0.329 e. The van der Waals surface area contributed by atoms with Gasteiger partial charge in [-0.25, -0.2) is 14.4 Å². The van der Waals surface area contributed by atoms with Gasteiger partial charge in [0, 0.05) is 18.7 Å². The fourth-order valence-electron chi connectivity index (χ4n) is 3.46. The Labute approximate surface area is 167 Å². The van der Waals surface area contributed by atoms with Crippen molar-refractivity contribution in [3.05, 3.63) is 52.9 Å². The van der Waals surface area contributed by atoms with Gasteiger partial charge in [0.05, 0.1) is 11.7 Å². The number of aryl methyl sites for hydroxylation is 1. The Morgan fingerprint density at radius 3 is 2.45 bits per heavy atom. The number of alkyl halides is 3. The van der Waals surface area contributed by atoms with Gasteiger partial charge in [0.2, 0.25) is 0 Å². The van der Waals surface area contributed by atoms with Crippen LogP contribution >= 0.6 is 11.5 Å². The highest BCUT2D eigenvalue weighted by molar-refractivity contribution is 7.09. The van der Waals surface area contributed by atoms with Gasteiger partial charge in [0.25, 0.3) is 5.91 Å². The first-order chi connectivity index (χ1) is 13.7. The van der Waals surface area contributed by atoms with Gasteiger partial charge >= 0.3 is 6.18 Å². The SMILES string of the molecule is Cc1nsc(-c2nc(C(F)(F)F)c3n2CCN(C(=O)c2ccc(F)cc2)[C@@H]3C)n1. The Morgan fingerprint density at radius 2 is 1.86 bits per heavy atom. The molecule has 1 aliphatic rings. The van der Waals surface area contributed by atoms with Crippen LogP contribution in [-0.4, -0.2) is 36.3 Å². The molecule has 0 radical (unpaired) electrons. The second-order valence-corrected chi connectivity index (χ2v) is 7.40. The van der Waals surface area contributed by atoms with Crippen LogP contribution < -0.4 is 0 Å². The van der Waals surface area contributed by atoms with Crippen molar-refractivity contribution in [2.24, 2.45) is 0 Å². The van der Waals surface area contributed by atoms with E-state index in [0.29, 0.717) is 10.8 Å². The number of aromatic nitrogens is 4. The van der Waals surface area contributed by atoms with Gasteiger partial charge in [-0.05, 0) is 49.6 Å². The summed E-state index contributed by atoms with van der Waals surface area (Å²) in [7, 11) is 0. The fraction of sp³-hybridized carbons (Fsp3) is 0.333. The molecule has 0 unspecified atom stereocenters. The summed E-state index contributed by atoms with van der Waals surface area (Å²) in [5, 5.41) is 0.296. The zero-order valence-electron chi connectivity index (χ0n) is 15.4. The van der Waals surface area contributed by atoms with Crippen molar-refractivity contribution < 1.29 is 22.4 Å². The van der Waals surface area contributed by atoms with Crippen molar-refractivity contribution in [3.63, 3.8) is 0 Å². The number of carbonyl (C=O) groups excluding carboxylic acids is 1. The standard InChI is InChI=1S/C18H15F4N5OS/c1-9-13-14(18(20,21)22)24-15(16-23-10(2)25-29-16)27(13)8-7-26(9)17(28)11-3-5-12(19)6-4-11/h3-6,9H,7-8H2,1-2H3/t9-/m1/s1. The predicted molar refractivity (Wildman–Crippen MR) is 96.7 cm³/mol. The summed E-state index contributed by atoms with van der Waals surface area (Å²) < 4.78 is 59.8. The molecule has 1 atom stereocenters. The largest absolute Gasteiger partial charge is 0.435 e. The van der Waals surface area contributed by atoms with Crippen LogP contribution in [0, 0.1) is 12.7 Å². The molecule has 0 saturated carbocycles. The number of amides is 1. The van der Waals surface area contributed by atoms with Crippen LogP contribution in [0.25, 0.3) is 10.8 Å². The maximum absolute atomic E-state index is 13.7. The number of rotatable bonds is 2. The molecule has 1 aliphatic heterocycles. The minimum atomic E-state index is -4.69. The van der Waals surface area contributed by atoms with E-state index in [0.717, 1.165) is 23.7 Å². The molecule has 2 aromatic heterocycles. The van der Waals surface area contributed by atoms with Crippen LogP contribution in [0.3, 0.4) is 0 Å². The molecule has 1 aromatic carbocycles. The zero-order chi connectivity index (χ0) is 20.9. The average molecular weight is 425 g/mol. The summed E-state index contributed by atoms with van der Waals surface area (Å²) in [6, 6.07) is 4.03. The molecular formula is C18H15F4N5OS. The summed E-state index contributed by atoms with van der Waals surface area (Å²) in [4.78, 5) is 22.2. The number of imidazole rings is 1. The van der Waals surface area contributed by atoms with Crippen molar-refractivity contribution >= 4 is 17.4 Å². The molecule has 0 spiro atoms. The third kappa shape index (κ3) is 3.39. The summed E-state index contributed by atoms with van der Waals surface area (Å²) >= 11 is 0.978. The number of halogens is 4. The monoisotopic (exact) mass is 425 g/mol. The highest BCUT2D eigenvalue weighted by Gasteiger charge is 2.44. The van der Waals surface area contributed by atoms with Crippen molar-refractivity contribution in [2.75, 3.05) is 6.54 Å². The van der Waals surface area contributed by atoms with E-state index in [4.69, 9.17) is 0 Å². The Kier molecular flexibility index (Phi) is 4.64. The lowest BCUT2D eigenvalue weighted by atomic mass is 10.1. The third-order valence-electron chi connectivity index (χ3n) is 4.77. The van der Waals surface area contributed by atoms with Gasteiger partial charge in [0.1, 0.15) is 11.6 Å². The first-order valence-electron chi connectivity index (χ1n) is 8.71. The van der Waals surface area contributed by atoms with Crippen molar-refractivity contribution in [2.45, 2.75) is 32.6 Å². The van der Waals surface area contributed by atoms with Gasteiger partial charge in [-0.15, -0.1) is 0 Å². The van der Waals surface area contributed by atoms with Crippen LogP contribution in [0.1, 0.15) is 40.5 Å². The second kappa shape index (κ2) is 6.90. The lowest BCUT2D eigenvalue weighted by Crippen LogP contribution is -2.41. The maximum atomic E-state index is 13.7. The Hall–Kier alpha value is -2.82. The first kappa shape index (κ1) is 19.5. The fourth-order valence-corrected chi connectivity index (χ4v) is 4.13. The summed E-state index contributed by atoms with van der Waals surface area (Å²) in [6.45, 7) is 3.49. The molecule has 4 rings (SSSR count). The normalized spacial score (nSPS) is 16.8. The number of fused-ring (bicyclic) bond motifs is 1. The second-order valence-electron chi connectivity index (χ2n) is 6.65. The highest BCUT2D eigenvalue weighted by Crippen LogP contribution is 2.41. The topological polar surface area (TPSA) is 63.9 Å².